The van der Waals surface area contributed by atoms with Gasteiger partial charge in [-0.25, -0.2) is 4.79 Å². The first-order chi connectivity index (χ1) is 7.10. The number of nitrogens with two attached hydrogens (primary N) is 1. The van der Waals surface area contributed by atoms with E-state index in [2.05, 4.69) is 0 Å². The quantitative estimate of drug-likeness (QED) is 0.735. The molecule has 0 bridgehead atoms. The zero-order valence-electron chi connectivity index (χ0n) is 8.61. The predicted molar refractivity (Wildman–Crippen MR) is 55.5 cm³/mol. The van der Waals surface area contributed by atoms with Gasteiger partial charge in [-0.2, -0.15) is 0 Å². The van der Waals surface area contributed by atoms with E-state index < -0.39 is 5.97 Å². The van der Waals surface area contributed by atoms with Crippen LogP contribution in [0, 0.1) is 0 Å². The van der Waals surface area contributed by atoms with Gasteiger partial charge in [0.05, 0.1) is 19.4 Å². The fourth-order valence-corrected chi connectivity index (χ4v) is 1.21. The number of hydrogen-bond donors (Lipinski definition) is 2. The van der Waals surface area contributed by atoms with E-state index in [4.69, 9.17) is 20.3 Å². The number of carboxylic acids is 1. The summed E-state index contributed by atoms with van der Waals surface area (Å²) in [4.78, 5) is 10.9. The van der Waals surface area contributed by atoms with Crippen LogP contribution in [0.2, 0.25) is 0 Å². The summed E-state index contributed by atoms with van der Waals surface area (Å²) in [6.07, 6.45) is 0. The van der Waals surface area contributed by atoms with Crippen molar-refractivity contribution in [2.45, 2.75) is 6.92 Å². The van der Waals surface area contributed by atoms with Crippen molar-refractivity contribution in [2.24, 2.45) is 0 Å². The number of methoxy groups -OCH3 is 1. The second kappa shape index (κ2) is 4.54. The molecule has 0 unspecified atom stereocenters. The van der Waals surface area contributed by atoms with Gasteiger partial charge in [0.1, 0.15) is 11.3 Å². The third-order valence-electron chi connectivity index (χ3n) is 1.85. The first-order valence-corrected chi connectivity index (χ1v) is 4.43. The number of ether oxygens (including phenoxy) is 2. The highest BCUT2D eigenvalue weighted by molar-refractivity contribution is 5.93. The van der Waals surface area contributed by atoms with Crippen molar-refractivity contribution in [3.05, 3.63) is 17.7 Å². The van der Waals surface area contributed by atoms with Crippen molar-refractivity contribution in [1.29, 1.82) is 0 Å². The lowest BCUT2D eigenvalue weighted by atomic mass is 10.1. The largest absolute Gasteiger partial charge is 0.497 e. The first-order valence-electron chi connectivity index (χ1n) is 4.43. The summed E-state index contributed by atoms with van der Waals surface area (Å²) in [6.45, 7) is 2.12. The number of hydrogen-bond acceptors (Lipinski definition) is 4. The predicted octanol–water partition coefficient (Wildman–Crippen LogP) is 1.37. The van der Waals surface area contributed by atoms with Gasteiger partial charge in [0.2, 0.25) is 0 Å². The Morgan fingerprint density at radius 1 is 1.53 bits per heavy atom. The van der Waals surface area contributed by atoms with E-state index in [1.54, 1.807) is 6.92 Å². The van der Waals surface area contributed by atoms with Gasteiger partial charge in [-0.05, 0) is 13.0 Å². The van der Waals surface area contributed by atoms with Crippen molar-refractivity contribution in [3.63, 3.8) is 0 Å². The SMILES string of the molecule is CCOc1c(N)cc(OC)cc1C(=O)O. The molecule has 0 spiro atoms. The van der Waals surface area contributed by atoms with Gasteiger partial charge in [-0.15, -0.1) is 0 Å². The Kier molecular flexibility index (Phi) is 3.38. The second-order valence-corrected chi connectivity index (χ2v) is 2.83. The van der Waals surface area contributed by atoms with Crippen LogP contribution in [0.4, 0.5) is 5.69 Å². The molecule has 1 rings (SSSR count). The molecular weight excluding hydrogens is 198 g/mol. The Morgan fingerprint density at radius 3 is 2.67 bits per heavy atom. The van der Waals surface area contributed by atoms with Crippen LogP contribution < -0.4 is 15.2 Å². The maximum absolute atomic E-state index is 10.9. The molecule has 0 aromatic heterocycles. The monoisotopic (exact) mass is 211 g/mol. The van der Waals surface area contributed by atoms with Crippen LogP contribution >= 0.6 is 0 Å². The molecule has 1 aromatic carbocycles. The maximum Gasteiger partial charge on any atom is 0.339 e. The van der Waals surface area contributed by atoms with Gasteiger partial charge in [0, 0.05) is 6.07 Å². The fraction of sp³-hybridized carbons (Fsp3) is 0.300. The second-order valence-electron chi connectivity index (χ2n) is 2.83. The van der Waals surface area contributed by atoms with Gasteiger partial charge in [-0.3, -0.25) is 0 Å². The van der Waals surface area contributed by atoms with Gasteiger partial charge in [0.25, 0.3) is 0 Å². The Bertz CT molecular complexity index is 376. The van der Waals surface area contributed by atoms with Crippen LogP contribution in [0.1, 0.15) is 17.3 Å². The van der Waals surface area contributed by atoms with E-state index in [0.29, 0.717) is 12.4 Å². The van der Waals surface area contributed by atoms with Crippen molar-refractivity contribution in [2.75, 3.05) is 19.5 Å². The Labute approximate surface area is 87.4 Å². The highest BCUT2D eigenvalue weighted by Crippen LogP contribution is 2.31. The molecule has 0 saturated carbocycles. The number of anilines is 1. The average molecular weight is 211 g/mol. The highest BCUT2D eigenvalue weighted by atomic mass is 16.5. The number of carbonyl (C=O) groups is 1. The number of benzene rings is 1. The molecule has 0 radical (unpaired) electrons. The molecule has 0 heterocycles. The van der Waals surface area contributed by atoms with Crippen molar-refractivity contribution >= 4 is 11.7 Å². The first kappa shape index (κ1) is 11.2. The molecule has 82 valence electrons. The zero-order valence-corrected chi connectivity index (χ0v) is 8.61. The van der Waals surface area contributed by atoms with Crippen LogP contribution in [0.25, 0.3) is 0 Å². The standard InChI is InChI=1S/C10H13NO4/c1-3-15-9-7(10(12)13)4-6(14-2)5-8(9)11/h4-5H,3,11H2,1-2H3,(H,12,13). The molecule has 0 aliphatic carbocycles. The number of nitrogen functional groups attached to an aromatic ring is 1. The van der Waals surface area contributed by atoms with Gasteiger partial charge >= 0.3 is 5.97 Å². The molecule has 3 N–H and O–H groups in total. The van der Waals surface area contributed by atoms with E-state index in [-0.39, 0.29) is 17.0 Å². The van der Waals surface area contributed by atoms with E-state index in [0.717, 1.165) is 0 Å². The van der Waals surface area contributed by atoms with Gasteiger partial charge in [0.15, 0.2) is 5.75 Å². The van der Waals surface area contributed by atoms with E-state index in [1.807, 2.05) is 0 Å². The molecule has 0 aliphatic rings. The van der Waals surface area contributed by atoms with Gasteiger partial charge < -0.3 is 20.3 Å². The summed E-state index contributed by atoms with van der Waals surface area (Å²) >= 11 is 0. The smallest absolute Gasteiger partial charge is 0.339 e. The summed E-state index contributed by atoms with van der Waals surface area (Å²) in [5, 5.41) is 8.95. The van der Waals surface area contributed by atoms with Crippen LogP contribution in [-0.4, -0.2) is 24.8 Å². The third-order valence-corrected chi connectivity index (χ3v) is 1.85. The summed E-state index contributed by atoms with van der Waals surface area (Å²) in [5.74, 6) is -0.511. The van der Waals surface area contributed by atoms with E-state index in [9.17, 15) is 4.79 Å². The fourth-order valence-electron chi connectivity index (χ4n) is 1.21. The lowest BCUT2D eigenvalue weighted by Gasteiger charge is -2.11. The average Bonchev–Trinajstić information content (AvgIpc) is 2.20. The molecule has 1 aromatic rings. The molecule has 0 saturated heterocycles. The Balaban J connectivity index is 3.28. The molecular formula is C10H13NO4. The van der Waals surface area contributed by atoms with E-state index in [1.165, 1.54) is 19.2 Å². The van der Waals surface area contributed by atoms with Crippen molar-refractivity contribution < 1.29 is 19.4 Å². The molecule has 5 nitrogen and oxygen atoms in total. The molecule has 0 aliphatic heterocycles. The van der Waals surface area contributed by atoms with Crippen molar-refractivity contribution in [1.82, 2.24) is 0 Å². The lowest BCUT2D eigenvalue weighted by Crippen LogP contribution is -2.06. The zero-order chi connectivity index (χ0) is 11.4. The van der Waals surface area contributed by atoms with Crippen LogP contribution in [0.5, 0.6) is 11.5 Å². The van der Waals surface area contributed by atoms with Gasteiger partial charge in [-0.1, -0.05) is 0 Å². The molecule has 0 atom stereocenters. The molecule has 0 fully saturated rings. The Hall–Kier alpha value is -1.91. The van der Waals surface area contributed by atoms with Crippen LogP contribution in [-0.2, 0) is 0 Å². The molecule has 5 heteroatoms. The summed E-state index contributed by atoms with van der Waals surface area (Å²) in [7, 11) is 1.45. The number of carboxylic acid groups (broad SMARTS) is 1. The molecule has 0 amide bonds. The summed E-state index contributed by atoms with van der Waals surface area (Å²) in [6, 6.07) is 2.90. The summed E-state index contributed by atoms with van der Waals surface area (Å²) < 4.78 is 10.1. The normalized spacial score (nSPS) is 9.73. The number of aromatic carboxylic acids is 1. The maximum atomic E-state index is 10.9. The van der Waals surface area contributed by atoms with Crippen molar-refractivity contribution in [3.8, 4) is 11.5 Å². The highest BCUT2D eigenvalue weighted by Gasteiger charge is 2.16. The minimum absolute atomic E-state index is 0.00806. The van der Waals surface area contributed by atoms with E-state index >= 15 is 0 Å². The summed E-state index contributed by atoms with van der Waals surface area (Å²) in [5.41, 5.74) is 5.92. The lowest BCUT2D eigenvalue weighted by molar-refractivity contribution is 0.0692. The van der Waals surface area contributed by atoms with Crippen LogP contribution in [0.3, 0.4) is 0 Å². The minimum atomic E-state index is -1.09. The topological polar surface area (TPSA) is 81.8 Å². The third kappa shape index (κ3) is 2.31. The molecule has 15 heavy (non-hydrogen) atoms. The Morgan fingerprint density at radius 2 is 2.20 bits per heavy atom. The minimum Gasteiger partial charge on any atom is -0.497 e. The number of rotatable bonds is 4. The van der Waals surface area contributed by atoms with Crippen LogP contribution in [0.15, 0.2) is 12.1 Å².